The largest absolute Gasteiger partial charge is 0.368 e. The quantitative estimate of drug-likeness (QED) is 0.637. The summed E-state index contributed by atoms with van der Waals surface area (Å²) in [6, 6.07) is 14.8. The van der Waals surface area contributed by atoms with E-state index in [-0.39, 0.29) is 25.0 Å². The lowest BCUT2D eigenvalue weighted by Crippen LogP contribution is -2.42. The van der Waals surface area contributed by atoms with Crippen LogP contribution in [0.4, 0.5) is 0 Å². The van der Waals surface area contributed by atoms with Gasteiger partial charge in [-0.3, -0.25) is 14.4 Å². The molecule has 4 rings (SSSR count). The summed E-state index contributed by atoms with van der Waals surface area (Å²) in [7, 11) is 0. The fraction of sp³-hybridized carbons (Fsp3) is 0.150. The van der Waals surface area contributed by atoms with Crippen molar-refractivity contribution in [2.75, 3.05) is 13.1 Å². The molecule has 0 spiro atoms. The molecule has 1 aliphatic rings. The molecular formula is C20H18N4O3. The van der Waals surface area contributed by atoms with E-state index in [2.05, 4.69) is 10.3 Å². The third kappa shape index (κ3) is 2.93. The molecule has 136 valence electrons. The van der Waals surface area contributed by atoms with Gasteiger partial charge in [-0.2, -0.15) is 0 Å². The molecule has 7 heteroatoms. The number of aromatic amines is 1. The smallest absolute Gasteiger partial charge is 0.255 e. The number of amides is 3. The van der Waals surface area contributed by atoms with E-state index >= 15 is 0 Å². The Hall–Kier alpha value is -3.61. The van der Waals surface area contributed by atoms with E-state index in [9.17, 15) is 14.4 Å². The van der Waals surface area contributed by atoms with Crippen molar-refractivity contribution in [3.05, 3.63) is 71.4 Å². The fourth-order valence-corrected chi connectivity index (χ4v) is 3.59. The number of hydrogen-bond acceptors (Lipinski definition) is 3. The molecule has 1 atom stereocenters. The zero-order valence-electron chi connectivity index (χ0n) is 14.4. The summed E-state index contributed by atoms with van der Waals surface area (Å²) in [5, 5.41) is 3.44. The molecule has 4 N–H and O–H groups in total. The minimum absolute atomic E-state index is 0.162. The van der Waals surface area contributed by atoms with Crippen LogP contribution in [0.3, 0.4) is 0 Å². The van der Waals surface area contributed by atoms with Gasteiger partial charge >= 0.3 is 0 Å². The van der Waals surface area contributed by atoms with Gasteiger partial charge in [-0.25, -0.2) is 0 Å². The Kier molecular flexibility index (Phi) is 4.12. The molecule has 7 nitrogen and oxygen atoms in total. The number of rotatable bonds is 5. The number of carbonyl (C=O) groups excluding carboxylic acids is 3. The molecule has 0 radical (unpaired) electrons. The van der Waals surface area contributed by atoms with E-state index in [4.69, 9.17) is 5.73 Å². The third-order valence-corrected chi connectivity index (χ3v) is 4.75. The monoisotopic (exact) mass is 362 g/mol. The highest BCUT2D eigenvalue weighted by atomic mass is 16.2. The van der Waals surface area contributed by atoms with Crippen LogP contribution in [-0.2, 0) is 9.59 Å². The van der Waals surface area contributed by atoms with Gasteiger partial charge in [0.2, 0.25) is 11.8 Å². The number of nitrogens with zero attached hydrogens (tertiary/aromatic N) is 1. The highest BCUT2D eigenvalue weighted by Crippen LogP contribution is 2.40. The summed E-state index contributed by atoms with van der Waals surface area (Å²) in [5.41, 5.74) is 8.39. The van der Waals surface area contributed by atoms with Crippen LogP contribution in [0.15, 0.2) is 54.7 Å². The third-order valence-electron chi connectivity index (χ3n) is 4.75. The molecule has 2 aromatic carbocycles. The minimum atomic E-state index is -0.632. The van der Waals surface area contributed by atoms with Crippen LogP contribution in [0, 0.1) is 0 Å². The lowest BCUT2D eigenvalue weighted by atomic mass is 9.97. The van der Waals surface area contributed by atoms with E-state index < -0.39 is 11.8 Å². The maximum atomic E-state index is 13.0. The summed E-state index contributed by atoms with van der Waals surface area (Å²) in [6.07, 6.45) is 1.87. The van der Waals surface area contributed by atoms with Crippen molar-refractivity contribution in [1.29, 1.82) is 0 Å². The molecule has 27 heavy (non-hydrogen) atoms. The lowest BCUT2D eigenvalue weighted by Gasteiger charge is -2.24. The number of para-hydroxylation sites is 1. The lowest BCUT2D eigenvalue weighted by molar-refractivity contribution is -0.125. The van der Waals surface area contributed by atoms with Crippen molar-refractivity contribution in [2.24, 2.45) is 5.73 Å². The number of nitrogens with two attached hydrogens (primary N) is 1. The van der Waals surface area contributed by atoms with Gasteiger partial charge in [0.05, 0.1) is 12.6 Å². The van der Waals surface area contributed by atoms with Crippen molar-refractivity contribution in [3.63, 3.8) is 0 Å². The number of carbonyl (C=O) groups is 3. The average molecular weight is 362 g/mol. The van der Waals surface area contributed by atoms with Gasteiger partial charge in [0, 0.05) is 28.2 Å². The second kappa shape index (κ2) is 6.60. The zero-order valence-corrected chi connectivity index (χ0v) is 14.4. The number of aromatic nitrogens is 1. The molecule has 1 aliphatic heterocycles. The summed E-state index contributed by atoms with van der Waals surface area (Å²) in [5.74, 6) is -1.28. The Morgan fingerprint density at radius 1 is 1.07 bits per heavy atom. The minimum Gasteiger partial charge on any atom is -0.368 e. The second-order valence-corrected chi connectivity index (χ2v) is 6.46. The van der Waals surface area contributed by atoms with E-state index in [1.54, 1.807) is 12.1 Å². The van der Waals surface area contributed by atoms with Crippen LogP contribution < -0.4 is 11.1 Å². The standard InChI is InChI=1S/C20H18N4O3/c21-17(25)10-23-18(26)11-24-19(13-6-1-2-7-14(13)20(24)27)15-9-22-16-8-4-3-5-12(15)16/h1-9,19,22H,10-11H2,(H2,21,25)(H,23,26)/t19-/m1/s1. The van der Waals surface area contributed by atoms with Crippen LogP contribution in [0.5, 0.6) is 0 Å². The van der Waals surface area contributed by atoms with Crippen LogP contribution in [-0.4, -0.2) is 40.7 Å². The molecule has 2 heterocycles. The molecule has 3 aromatic rings. The molecule has 0 fully saturated rings. The molecule has 0 aliphatic carbocycles. The van der Waals surface area contributed by atoms with Crippen LogP contribution in [0.1, 0.15) is 27.5 Å². The molecular weight excluding hydrogens is 344 g/mol. The first-order valence-corrected chi connectivity index (χ1v) is 8.57. The van der Waals surface area contributed by atoms with Crippen molar-refractivity contribution < 1.29 is 14.4 Å². The topological polar surface area (TPSA) is 108 Å². The first kappa shape index (κ1) is 16.8. The van der Waals surface area contributed by atoms with Gasteiger partial charge in [-0.05, 0) is 17.7 Å². The summed E-state index contributed by atoms with van der Waals surface area (Å²) >= 11 is 0. The summed E-state index contributed by atoms with van der Waals surface area (Å²) in [4.78, 5) is 40.9. The highest BCUT2D eigenvalue weighted by Gasteiger charge is 2.39. The number of benzene rings is 2. The predicted molar refractivity (Wildman–Crippen MR) is 99.8 cm³/mol. The first-order valence-electron chi connectivity index (χ1n) is 8.57. The molecule has 0 unspecified atom stereocenters. The molecule has 1 aromatic heterocycles. The molecule has 0 saturated heterocycles. The van der Waals surface area contributed by atoms with Crippen molar-refractivity contribution >= 4 is 28.6 Å². The van der Waals surface area contributed by atoms with E-state index in [0.717, 1.165) is 22.0 Å². The molecule has 0 bridgehead atoms. The number of H-pyrrole nitrogens is 1. The van der Waals surface area contributed by atoms with Crippen molar-refractivity contribution in [1.82, 2.24) is 15.2 Å². The summed E-state index contributed by atoms with van der Waals surface area (Å²) in [6.45, 7) is -0.420. The zero-order chi connectivity index (χ0) is 19.0. The Morgan fingerprint density at radius 2 is 1.81 bits per heavy atom. The normalized spacial score (nSPS) is 15.8. The Balaban J connectivity index is 1.74. The first-order chi connectivity index (χ1) is 13.1. The van der Waals surface area contributed by atoms with Gasteiger partial charge in [0.15, 0.2) is 0 Å². The predicted octanol–water partition coefficient (Wildman–Crippen LogP) is 1.31. The van der Waals surface area contributed by atoms with Crippen LogP contribution in [0.25, 0.3) is 10.9 Å². The maximum Gasteiger partial charge on any atom is 0.255 e. The van der Waals surface area contributed by atoms with Crippen LogP contribution in [0.2, 0.25) is 0 Å². The van der Waals surface area contributed by atoms with E-state index in [1.807, 2.05) is 42.6 Å². The Labute approximate surface area is 155 Å². The van der Waals surface area contributed by atoms with Gasteiger partial charge in [-0.15, -0.1) is 0 Å². The van der Waals surface area contributed by atoms with Gasteiger partial charge in [-0.1, -0.05) is 36.4 Å². The van der Waals surface area contributed by atoms with E-state index in [0.29, 0.717) is 5.56 Å². The number of hydrogen-bond donors (Lipinski definition) is 3. The highest BCUT2D eigenvalue weighted by molar-refractivity contribution is 6.02. The molecule has 3 amide bonds. The SMILES string of the molecule is NC(=O)CNC(=O)CN1C(=O)c2ccccc2[C@@H]1c1c[nH]c2ccccc12. The van der Waals surface area contributed by atoms with Crippen molar-refractivity contribution in [2.45, 2.75) is 6.04 Å². The van der Waals surface area contributed by atoms with Gasteiger partial charge in [0.25, 0.3) is 5.91 Å². The molecule has 0 saturated carbocycles. The van der Waals surface area contributed by atoms with Gasteiger partial charge in [0.1, 0.15) is 6.54 Å². The average Bonchev–Trinajstić information content (AvgIpc) is 3.20. The second-order valence-electron chi connectivity index (χ2n) is 6.46. The number of fused-ring (bicyclic) bond motifs is 2. The Morgan fingerprint density at radius 3 is 2.63 bits per heavy atom. The number of primary amides is 1. The van der Waals surface area contributed by atoms with Crippen molar-refractivity contribution in [3.8, 4) is 0 Å². The van der Waals surface area contributed by atoms with Crippen LogP contribution >= 0.6 is 0 Å². The maximum absolute atomic E-state index is 13.0. The Bertz CT molecular complexity index is 1060. The fourth-order valence-electron chi connectivity index (χ4n) is 3.59. The summed E-state index contributed by atoms with van der Waals surface area (Å²) < 4.78 is 0. The number of nitrogens with one attached hydrogen (secondary N) is 2. The van der Waals surface area contributed by atoms with E-state index in [1.165, 1.54) is 4.90 Å². The van der Waals surface area contributed by atoms with Gasteiger partial charge < -0.3 is 20.9 Å².